The smallest absolute Gasteiger partial charge is 0.243 e. The molecule has 15 fully saturated rings. The molecule has 0 radical (unpaired) electrons. The van der Waals surface area contributed by atoms with Gasteiger partial charge in [-0.25, -0.2) is 0 Å². The molecular formula is C125H149N11O7. The summed E-state index contributed by atoms with van der Waals surface area (Å²) in [6.07, 6.45) is 73.9. The van der Waals surface area contributed by atoms with E-state index < -0.39 is 12.0 Å². The third-order valence-electron chi connectivity index (χ3n) is 44.4. The van der Waals surface area contributed by atoms with Crippen molar-refractivity contribution in [2.24, 2.45) is 68.3 Å². The molecule has 4 aromatic carbocycles. The van der Waals surface area contributed by atoms with Gasteiger partial charge in [-0.15, -0.1) is 0 Å². The second-order valence-electron chi connectivity index (χ2n) is 51.0. The number of ether oxygens (including phenoxy) is 5. The Morgan fingerprint density at radius 2 is 0.692 bits per heavy atom. The summed E-state index contributed by atoms with van der Waals surface area (Å²) in [6.45, 7) is 16.1. The van der Waals surface area contributed by atoms with Crippen molar-refractivity contribution in [3.63, 3.8) is 0 Å². The Bertz CT molecular complexity index is 6780. The number of hydrogen-bond acceptors (Lipinski definition) is 17. The zero-order valence-corrected chi connectivity index (χ0v) is 84.8. The van der Waals surface area contributed by atoms with Crippen molar-refractivity contribution in [2.45, 2.75) is 357 Å². The number of carbonyl (C=O) groups is 1. The Kier molecular flexibility index (Phi) is 21.5. The normalized spacial score (nSPS) is 42.6. The van der Waals surface area contributed by atoms with Crippen LogP contribution in [-0.2, 0) is 28.5 Å². The van der Waals surface area contributed by atoms with Crippen LogP contribution in [0.5, 0.6) is 0 Å². The number of primary amides is 1. The number of aliphatic hydroxyl groups excluding tert-OH is 1. The Balaban J connectivity index is 0.0000000929. The average molecular weight is 1920 g/mol. The van der Waals surface area contributed by atoms with Crippen molar-refractivity contribution >= 4 is 49.0 Å². The van der Waals surface area contributed by atoms with E-state index in [0.717, 1.165) is 110 Å². The first-order valence-corrected chi connectivity index (χ1v) is 56.2. The van der Waals surface area contributed by atoms with Crippen LogP contribution in [0.15, 0.2) is 240 Å². The highest BCUT2D eigenvalue weighted by atomic mass is 16.6. The van der Waals surface area contributed by atoms with Gasteiger partial charge in [0, 0.05) is 153 Å². The molecule has 18 nitrogen and oxygen atoms in total. The number of likely N-dealkylation sites (tertiary alicyclic amines) is 3. The number of rotatable bonds is 10. The SMILES string of the molecule is C[C@]12CC=C3C=C4CC[C@@H](N5CC(N)C5)C[C@]45CCC3(O5)[C@@H]1CC[C@@H]2c1ccc2ccncc2c1.C[C@]12CC=C3C=C4CC[C@@H](N5CC[C@@H](N)C5)C[C@]45CCC3(O5)[C@@H]1CC[C@@H]2c1ccc2ccncc2c1.C[C@]12CC=C3C=C4CC[C@@H](N5C[C@H](N)[C@@H](O)C5)C[C@]45CCC3(O5)[C@@H]1CC[C@@H]2c1ccc2ccncc2c1.C[C@]12CC=C3C=C4CC[C@@H](OCC(N)=O)C[C@]45CCC3(O5)[C@@H]1CC[C@@H]2c1ccc2ccncc2c1. The van der Waals surface area contributed by atoms with Gasteiger partial charge in [-0.2, -0.15) is 0 Å². The molecular weight excluding hydrogens is 1770 g/mol. The summed E-state index contributed by atoms with van der Waals surface area (Å²) in [5.74, 6) is 4.08. The molecule has 1 amide bonds. The van der Waals surface area contributed by atoms with E-state index in [1.807, 2.05) is 49.6 Å². The van der Waals surface area contributed by atoms with Crippen LogP contribution in [0.4, 0.5) is 0 Å². The molecule has 8 saturated carbocycles. The number of allylic oxidation sites excluding steroid dienone is 4. The summed E-state index contributed by atoms with van der Waals surface area (Å²) in [7, 11) is 0. The predicted octanol–water partition coefficient (Wildman–Crippen LogP) is 21.6. The average Bonchev–Trinajstić information content (AvgIpc) is 1.53. The quantitative estimate of drug-likeness (QED) is 0.0854. The number of aromatic nitrogens is 4. The van der Waals surface area contributed by atoms with E-state index in [-0.39, 0.29) is 85.2 Å². The minimum Gasteiger partial charge on any atom is -0.390 e. The minimum atomic E-state index is -0.397. The zero-order chi connectivity index (χ0) is 96.4. The fourth-order valence-electron chi connectivity index (χ4n) is 37.4. The number of nitrogens with two attached hydrogens (primary N) is 4. The number of aliphatic hydroxyl groups is 1. The van der Waals surface area contributed by atoms with Crippen LogP contribution in [0.25, 0.3) is 43.1 Å². The molecule has 11 aliphatic heterocycles. The van der Waals surface area contributed by atoms with Crippen molar-refractivity contribution in [2.75, 3.05) is 45.9 Å². The molecule has 8 aromatic rings. The Morgan fingerprint density at radius 3 is 1.01 bits per heavy atom. The minimum absolute atomic E-state index is 0.000254. The number of fused-ring (bicyclic) bond motifs is 8. The van der Waals surface area contributed by atoms with E-state index in [1.165, 1.54) is 234 Å². The van der Waals surface area contributed by atoms with Crippen molar-refractivity contribution in [1.82, 2.24) is 34.6 Å². The summed E-state index contributed by atoms with van der Waals surface area (Å²) < 4.78 is 35.7. The van der Waals surface area contributed by atoms with Gasteiger partial charge in [0.05, 0.1) is 57.0 Å². The van der Waals surface area contributed by atoms with Gasteiger partial charge in [-0.05, 0) is 411 Å². The van der Waals surface area contributed by atoms with Crippen LogP contribution < -0.4 is 22.9 Å². The first-order chi connectivity index (χ1) is 69.3. The highest BCUT2D eigenvalue weighted by Crippen LogP contribution is 2.76. The van der Waals surface area contributed by atoms with E-state index in [4.69, 9.17) is 46.6 Å². The van der Waals surface area contributed by atoms with E-state index >= 15 is 0 Å². The van der Waals surface area contributed by atoms with Gasteiger partial charge in [-0.3, -0.25) is 39.4 Å². The summed E-state index contributed by atoms with van der Waals surface area (Å²) in [4.78, 5) is 36.6. The van der Waals surface area contributed by atoms with Gasteiger partial charge >= 0.3 is 0 Å². The third kappa shape index (κ3) is 14.0. The number of β-amino-alcohol motifs (C(OH)–C–C–N with tert-alkyl or cyclic N) is 1. The Hall–Kier alpha value is -8.57. The van der Waals surface area contributed by atoms with E-state index in [9.17, 15) is 9.90 Å². The molecule has 18 heteroatoms. The highest BCUT2D eigenvalue weighted by molar-refractivity contribution is 5.85. The number of pyridine rings is 4. The second kappa shape index (κ2) is 33.5. The lowest BCUT2D eigenvalue weighted by Crippen LogP contribution is -2.62. The monoisotopic (exact) mass is 1920 g/mol. The lowest BCUT2D eigenvalue weighted by molar-refractivity contribution is -0.152. The maximum Gasteiger partial charge on any atom is 0.243 e. The summed E-state index contributed by atoms with van der Waals surface area (Å²) in [5, 5.41) is 20.4. The third-order valence-corrected chi connectivity index (χ3v) is 44.4. The predicted molar refractivity (Wildman–Crippen MR) is 562 cm³/mol. The molecule has 15 heterocycles. The first kappa shape index (κ1) is 91.8. The van der Waals surface area contributed by atoms with Gasteiger partial charge in [0.25, 0.3) is 0 Å². The van der Waals surface area contributed by atoms with Crippen LogP contribution in [0.3, 0.4) is 0 Å². The molecule has 27 atom stereocenters. The van der Waals surface area contributed by atoms with Crippen LogP contribution in [-0.4, -0.2) is 185 Å². The topological polar surface area (TPSA) is 249 Å². The van der Waals surface area contributed by atoms with Gasteiger partial charge in [0.15, 0.2) is 0 Å². The molecule has 746 valence electrons. The lowest BCUT2D eigenvalue weighted by Gasteiger charge is -2.55. The van der Waals surface area contributed by atoms with Gasteiger partial charge < -0.3 is 51.7 Å². The van der Waals surface area contributed by atoms with E-state index in [0.29, 0.717) is 84.1 Å². The van der Waals surface area contributed by atoms with Crippen molar-refractivity contribution < 1.29 is 33.6 Å². The standard InChI is InChI=1S/C32H39N3O2.C32H39N3O.C31H37N3O.C30H34N2O3/c1-30-10-8-24-15-23-4-5-25(35-18-27(33)28(36)19-35)16-31(23)11-12-32(24,37-31)29(30)7-6-26(30)21-3-2-20-9-13-34-17-22(20)14-21;1-30-11-8-25-17-24-4-5-27(35-15-10-26(33)20-35)18-31(24)12-13-32(25,36-31)29(30)7-6-28(30)22-3-2-21-9-14-34-19-23(21)16-22;1-29-10-8-24-15-23-4-5-26(34-18-25(32)19-34)16-30(23)11-12-31(24,35-30)28(29)7-6-27(29)21-3-2-20-9-13-33-17-22(20)14-21;1-28-10-8-23-15-22-4-5-24(34-18-27(31)33)16-29(22)11-12-30(23,35-29)26(28)7-6-25(28)20-3-2-19-9-13-32-17-21(19)14-20/h2-3,8-9,13-15,17,25-29,36H,4-7,10-12,16,18-19,33H2,1H3;2-3,8-9,14,16-17,19,26-29H,4-7,10-13,15,18,20,33H2,1H3;2-3,8-9,13-15,17,25-28H,4-7,10-12,16,18-19,32H2,1H3;2-3,8-9,13-15,17,24-26H,4-7,10-12,16,18H2,1H3,(H2,31,33)/t25-,26-,27+,28+,29-,30-,31-,32?;26-,27-,28-,29-,30-,31-,32?;26-,27-,28-,29-,30-,31?;24-,25-,26-,28-,29-,30?/m1111/s1. The number of hydrogen-bond donors (Lipinski definition) is 5. The first-order valence-electron chi connectivity index (χ1n) is 56.2. The molecule has 9 N–H and O–H groups in total. The van der Waals surface area contributed by atoms with Crippen molar-refractivity contribution in [3.05, 3.63) is 262 Å². The van der Waals surface area contributed by atoms with Crippen LogP contribution in [0, 0.1) is 45.3 Å². The molecule has 4 unspecified atom stereocenters. The van der Waals surface area contributed by atoms with Crippen LogP contribution in [0.1, 0.15) is 286 Å². The second-order valence-corrected chi connectivity index (χ2v) is 51.0. The lowest BCUT2D eigenvalue weighted by atomic mass is 9.58. The maximum atomic E-state index is 11.3. The molecule has 23 aliphatic rings. The van der Waals surface area contributed by atoms with Gasteiger partial charge in [0.1, 0.15) is 6.61 Å². The number of carbonyl (C=O) groups excluding carboxylic acids is 1. The van der Waals surface area contributed by atoms with Crippen molar-refractivity contribution in [3.8, 4) is 0 Å². The molecule has 12 aliphatic carbocycles. The highest BCUT2D eigenvalue weighted by Gasteiger charge is 2.73. The maximum absolute atomic E-state index is 11.3. The van der Waals surface area contributed by atoms with E-state index in [2.05, 4.69) is 208 Å². The molecule has 8 bridgehead atoms. The Labute approximate surface area is 844 Å². The summed E-state index contributed by atoms with van der Waals surface area (Å²) in [6, 6.07) is 39.0. The fourth-order valence-corrected chi connectivity index (χ4v) is 37.4. The molecule has 31 rings (SSSR count). The molecule has 4 aromatic heterocycles. The Morgan fingerprint density at radius 1 is 0.371 bits per heavy atom. The van der Waals surface area contributed by atoms with Gasteiger partial charge in [-0.1, -0.05) is 125 Å². The van der Waals surface area contributed by atoms with Crippen molar-refractivity contribution in [1.29, 1.82) is 0 Å². The summed E-state index contributed by atoms with van der Waals surface area (Å²) >= 11 is 0. The van der Waals surface area contributed by atoms with E-state index in [1.54, 1.807) is 11.1 Å². The largest absolute Gasteiger partial charge is 0.390 e. The summed E-state index contributed by atoms with van der Waals surface area (Å²) in [5.41, 5.74) is 42.0. The number of benzene rings is 4. The molecule has 143 heavy (non-hydrogen) atoms. The van der Waals surface area contributed by atoms with Crippen LogP contribution >= 0.6 is 0 Å². The molecule has 8 spiro atoms. The molecule has 7 saturated heterocycles. The number of amides is 1. The number of nitrogens with zero attached hydrogens (tertiary/aromatic N) is 7. The van der Waals surface area contributed by atoms with Crippen LogP contribution in [0.2, 0.25) is 0 Å². The zero-order valence-electron chi connectivity index (χ0n) is 84.8. The van der Waals surface area contributed by atoms with Gasteiger partial charge in [0.2, 0.25) is 5.91 Å². The fraction of sp³-hybridized carbons (Fsp3) is 0.576.